The van der Waals surface area contributed by atoms with E-state index in [0.29, 0.717) is 0 Å². The van der Waals surface area contributed by atoms with E-state index in [2.05, 4.69) is 21.9 Å². The van der Waals surface area contributed by atoms with E-state index in [1.807, 2.05) is 0 Å². The number of hydrogen-bond donors (Lipinski definition) is 0. The molecule has 0 nitrogen and oxygen atoms in total. The first kappa shape index (κ1) is 9.59. The second-order valence-electron chi connectivity index (χ2n) is 0.643. The van der Waals surface area contributed by atoms with E-state index >= 15 is 0 Å². The topological polar surface area (TPSA) is 0 Å². The van der Waals surface area contributed by atoms with Crippen LogP contribution in [0.15, 0.2) is 0 Å². The first-order valence-corrected chi connectivity index (χ1v) is 2.53. The van der Waals surface area contributed by atoms with Crippen molar-refractivity contribution >= 4 is 15.9 Å². The van der Waals surface area contributed by atoms with Gasteiger partial charge in [-0.15, -0.1) is 12.3 Å². The highest BCUT2D eigenvalue weighted by Gasteiger charge is 1.63. The molecule has 0 bridgehead atoms. The second kappa shape index (κ2) is 9.01. The molecule has 0 aromatic rings. The Kier molecular flexibility index (Phi) is 14.4. The van der Waals surface area contributed by atoms with Crippen LogP contribution in [-0.4, -0.2) is 5.33 Å². The minimum Gasteiger partial charge on any atom is -1.00 e. The van der Waals surface area contributed by atoms with Crippen molar-refractivity contribution in [3.05, 3.63) is 0 Å². The van der Waals surface area contributed by atoms with Crippen LogP contribution in [-0.2, 0) is 0 Å². The fourth-order valence-electron chi connectivity index (χ4n) is 0.0546. The lowest BCUT2D eigenvalue weighted by atomic mass is 10.5. The average Bonchev–Trinajstić information content (AvgIpc) is 1.41. The molecule has 0 saturated heterocycles. The van der Waals surface area contributed by atoms with E-state index in [1.54, 1.807) is 0 Å². The molecule has 0 aromatic heterocycles. The van der Waals surface area contributed by atoms with Crippen molar-refractivity contribution in [1.29, 1.82) is 0 Å². The van der Waals surface area contributed by atoms with Gasteiger partial charge in [0, 0.05) is 11.8 Å². The minimum absolute atomic E-state index is 0. The van der Waals surface area contributed by atoms with E-state index < -0.39 is 0 Å². The summed E-state index contributed by atoms with van der Waals surface area (Å²) < 4.78 is 0. The zero-order valence-electron chi connectivity index (χ0n) is 3.25. The summed E-state index contributed by atoms with van der Waals surface area (Å²) in [5, 5.41) is 0.920. The van der Waals surface area contributed by atoms with Gasteiger partial charge in [-0.3, -0.25) is 0 Å². The highest BCUT2D eigenvalue weighted by Crippen LogP contribution is 1.80. The van der Waals surface area contributed by atoms with Crippen LogP contribution >= 0.6 is 15.9 Å². The molecule has 36 valence electrons. The quantitative estimate of drug-likeness (QED) is 0.327. The number of alkyl halides is 1. The van der Waals surface area contributed by atoms with Gasteiger partial charge in [0.2, 0.25) is 0 Å². The van der Waals surface area contributed by atoms with E-state index in [4.69, 9.17) is 6.42 Å². The van der Waals surface area contributed by atoms with Gasteiger partial charge in [0.25, 0.3) is 0 Å². The van der Waals surface area contributed by atoms with Gasteiger partial charge in [0.1, 0.15) is 0 Å². The van der Waals surface area contributed by atoms with E-state index in [1.165, 1.54) is 0 Å². The maximum atomic E-state index is 4.86. The summed E-state index contributed by atoms with van der Waals surface area (Å²) in [4.78, 5) is 0. The summed E-state index contributed by atoms with van der Waals surface area (Å²) in [6.45, 7) is 0. The lowest BCUT2D eigenvalue weighted by Gasteiger charge is -1.67. The molecule has 0 rings (SSSR count). The summed E-state index contributed by atoms with van der Waals surface area (Å²) >= 11 is 3.17. The highest BCUT2D eigenvalue weighted by atomic mass is 79.9. The molecule has 0 spiro atoms. The first-order valence-electron chi connectivity index (χ1n) is 1.41. The van der Waals surface area contributed by atoms with Gasteiger partial charge >= 0.3 is 0 Å². The molecule has 0 heterocycles. The lowest BCUT2D eigenvalue weighted by Crippen LogP contribution is -3.00. The maximum Gasteiger partial charge on any atom is 0.0183 e. The van der Waals surface area contributed by atoms with Crippen molar-refractivity contribution in [2.45, 2.75) is 6.42 Å². The molecule has 0 radical (unpaired) electrons. The summed E-state index contributed by atoms with van der Waals surface area (Å²) in [6, 6.07) is 0. The van der Waals surface area contributed by atoms with Gasteiger partial charge < -0.3 is 12.4 Å². The van der Waals surface area contributed by atoms with Crippen LogP contribution < -0.4 is 12.4 Å². The van der Waals surface area contributed by atoms with Crippen LogP contribution in [0.25, 0.3) is 0 Å². The van der Waals surface area contributed by atoms with E-state index in [0.717, 1.165) is 11.8 Å². The predicted molar refractivity (Wildman–Crippen MR) is 27.2 cm³/mol. The van der Waals surface area contributed by atoms with Crippen LogP contribution in [0.2, 0.25) is 0 Å². The molecule has 0 unspecified atom stereocenters. The van der Waals surface area contributed by atoms with Gasteiger partial charge in [-0.1, -0.05) is 15.9 Å². The molecule has 0 aliphatic rings. The Bertz CT molecular complexity index is 46.0. The van der Waals surface area contributed by atoms with E-state index in [9.17, 15) is 0 Å². The lowest BCUT2D eigenvalue weighted by molar-refractivity contribution is -0.000000962. The molecule has 0 saturated carbocycles. The third-order valence-electron chi connectivity index (χ3n) is 0.239. The Morgan fingerprint density at radius 3 is 2.17 bits per heavy atom. The van der Waals surface area contributed by atoms with Crippen LogP contribution in [0.5, 0.6) is 0 Å². The van der Waals surface area contributed by atoms with Crippen molar-refractivity contribution in [1.82, 2.24) is 0 Å². The molecule has 0 aromatic carbocycles. The van der Waals surface area contributed by atoms with Crippen molar-refractivity contribution in [2.24, 2.45) is 0 Å². The van der Waals surface area contributed by atoms with E-state index in [-0.39, 0.29) is 12.4 Å². The maximum absolute atomic E-state index is 4.86. The standard InChI is InChI=1S/C4H5Br.ClH/c1-2-3-4-5;/h1H,3-4H2;1H/p-1. The van der Waals surface area contributed by atoms with Gasteiger partial charge in [0.15, 0.2) is 0 Å². The molecule has 0 atom stereocenters. The van der Waals surface area contributed by atoms with Gasteiger partial charge in [0.05, 0.1) is 0 Å². The highest BCUT2D eigenvalue weighted by molar-refractivity contribution is 9.09. The average molecular weight is 168 g/mol. The smallest absolute Gasteiger partial charge is 0.0183 e. The number of halogens is 2. The molecule has 6 heavy (non-hydrogen) atoms. The molecule has 2 heteroatoms. The zero-order chi connectivity index (χ0) is 4.12. The number of terminal acetylenes is 1. The summed E-state index contributed by atoms with van der Waals surface area (Å²) in [5.41, 5.74) is 0. The monoisotopic (exact) mass is 167 g/mol. The third-order valence-corrected chi connectivity index (χ3v) is 0.635. The molecule has 0 fully saturated rings. The van der Waals surface area contributed by atoms with Crippen molar-refractivity contribution in [3.63, 3.8) is 0 Å². The molecular weight excluding hydrogens is 163 g/mol. The minimum atomic E-state index is 0. The van der Waals surface area contributed by atoms with Gasteiger partial charge in [-0.05, 0) is 0 Å². The number of hydrogen-bond acceptors (Lipinski definition) is 0. The fourth-order valence-corrected chi connectivity index (χ4v) is 0.283. The van der Waals surface area contributed by atoms with Crippen LogP contribution in [0.3, 0.4) is 0 Å². The normalized spacial score (nSPS) is 5.33. The molecule has 0 aliphatic carbocycles. The third kappa shape index (κ3) is 8.84. The van der Waals surface area contributed by atoms with Crippen LogP contribution in [0.1, 0.15) is 6.42 Å². The molecule has 0 aliphatic heterocycles. The van der Waals surface area contributed by atoms with Gasteiger partial charge in [-0.25, -0.2) is 0 Å². The van der Waals surface area contributed by atoms with Gasteiger partial charge in [-0.2, -0.15) is 0 Å². The Hall–Kier alpha value is 0.330. The predicted octanol–water partition coefficient (Wildman–Crippen LogP) is -1.59. The van der Waals surface area contributed by atoms with Crippen molar-refractivity contribution in [2.75, 3.05) is 5.33 Å². The number of rotatable bonds is 1. The Labute approximate surface area is 52.9 Å². The Morgan fingerprint density at radius 1 is 1.67 bits per heavy atom. The van der Waals surface area contributed by atoms with Crippen LogP contribution in [0.4, 0.5) is 0 Å². The zero-order valence-corrected chi connectivity index (χ0v) is 5.59. The summed E-state index contributed by atoms with van der Waals surface area (Å²) in [5.74, 6) is 2.47. The fraction of sp³-hybridized carbons (Fsp3) is 0.500. The molecule has 0 amide bonds. The van der Waals surface area contributed by atoms with Crippen molar-refractivity contribution in [3.8, 4) is 12.3 Å². The largest absolute Gasteiger partial charge is 1.00 e. The molecule has 0 N–H and O–H groups in total. The summed E-state index contributed by atoms with van der Waals surface area (Å²) in [7, 11) is 0. The second-order valence-corrected chi connectivity index (χ2v) is 1.44. The summed E-state index contributed by atoms with van der Waals surface area (Å²) in [6.07, 6.45) is 5.69. The Balaban J connectivity index is 0. The first-order chi connectivity index (χ1) is 2.41. The van der Waals surface area contributed by atoms with Crippen molar-refractivity contribution < 1.29 is 12.4 Å². The SMILES string of the molecule is C#CCCBr.[Cl-]. The Morgan fingerprint density at radius 2 is 2.17 bits per heavy atom. The molecular formula is C4H5BrCl-. The van der Waals surface area contributed by atoms with Crippen LogP contribution in [0, 0.1) is 12.3 Å².